The summed E-state index contributed by atoms with van der Waals surface area (Å²) in [6, 6.07) is 9.68. The molecule has 1 aliphatic rings. The fourth-order valence-corrected chi connectivity index (χ4v) is 2.53. The van der Waals surface area contributed by atoms with Crippen molar-refractivity contribution in [2.45, 2.75) is 50.2 Å². The molecule has 0 bridgehead atoms. The molecule has 0 amide bonds. The van der Waals surface area contributed by atoms with Crippen LogP contribution in [0.5, 0.6) is 0 Å². The summed E-state index contributed by atoms with van der Waals surface area (Å²) in [5.74, 6) is 0. The lowest BCUT2D eigenvalue weighted by Crippen LogP contribution is -2.24. The lowest BCUT2D eigenvalue weighted by molar-refractivity contribution is 0.0215. The summed E-state index contributed by atoms with van der Waals surface area (Å²) in [7, 11) is 0. The van der Waals surface area contributed by atoms with Crippen molar-refractivity contribution in [1.29, 1.82) is 0 Å². The second kappa shape index (κ2) is 4.98. The first-order chi connectivity index (χ1) is 7.70. The third-order valence-electron chi connectivity index (χ3n) is 3.60. The number of hydrogen-bond acceptors (Lipinski definition) is 2. The Bertz CT molecular complexity index is 315. The van der Waals surface area contributed by atoms with E-state index in [0.29, 0.717) is 12.8 Å². The zero-order chi connectivity index (χ0) is 11.4. The Kier molecular flexibility index (Phi) is 3.62. The van der Waals surface area contributed by atoms with Gasteiger partial charge in [-0.05, 0) is 31.2 Å². The molecule has 0 aromatic heterocycles. The molecule has 1 saturated carbocycles. The zero-order valence-corrected chi connectivity index (χ0v) is 9.60. The Hall–Kier alpha value is -0.860. The minimum Gasteiger partial charge on any atom is -0.390 e. The normalized spacial score (nSPS) is 20.9. The van der Waals surface area contributed by atoms with Gasteiger partial charge in [0.05, 0.1) is 11.7 Å². The van der Waals surface area contributed by atoms with Crippen molar-refractivity contribution >= 4 is 0 Å². The smallest absolute Gasteiger partial charge is 0.0791 e. The van der Waals surface area contributed by atoms with E-state index in [9.17, 15) is 10.2 Å². The minimum absolute atomic E-state index is 0.439. The Balaban J connectivity index is 1.86. The predicted molar refractivity (Wildman–Crippen MR) is 64.1 cm³/mol. The highest BCUT2D eigenvalue weighted by Crippen LogP contribution is 2.35. The predicted octanol–water partition coefficient (Wildman–Crippen LogP) is 2.81. The molecule has 0 aliphatic heterocycles. The van der Waals surface area contributed by atoms with Gasteiger partial charge >= 0.3 is 0 Å². The van der Waals surface area contributed by atoms with E-state index in [1.54, 1.807) is 0 Å². The Morgan fingerprint density at radius 2 is 1.75 bits per heavy atom. The first kappa shape index (κ1) is 11.6. The van der Waals surface area contributed by atoms with Crippen LogP contribution in [0, 0.1) is 0 Å². The van der Waals surface area contributed by atoms with Crippen LogP contribution in [0.4, 0.5) is 0 Å². The van der Waals surface area contributed by atoms with Crippen LogP contribution in [0.25, 0.3) is 0 Å². The topological polar surface area (TPSA) is 40.5 Å². The molecule has 0 radical (unpaired) electrons. The first-order valence-corrected chi connectivity index (χ1v) is 6.15. The molecule has 0 heterocycles. The molecule has 1 fully saturated rings. The maximum absolute atomic E-state index is 10.2. The van der Waals surface area contributed by atoms with Crippen molar-refractivity contribution in [1.82, 2.24) is 0 Å². The average Bonchev–Trinajstić information content (AvgIpc) is 2.75. The molecule has 1 aromatic rings. The Morgan fingerprint density at radius 3 is 2.38 bits per heavy atom. The van der Waals surface area contributed by atoms with Crippen LogP contribution in [0.3, 0.4) is 0 Å². The summed E-state index contributed by atoms with van der Waals surface area (Å²) < 4.78 is 0. The van der Waals surface area contributed by atoms with Gasteiger partial charge in [0, 0.05) is 0 Å². The van der Waals surface area contributed by atoms with Crippen LogP contribution in [-0.2, 0) is 0 Å². The largest absolute Gasteiger partial charge is 0.390 e. The van der Waals surface area contributed by atoms with Gasteiger partial charge in [-0.15, -0.1) is 0 Å². The molecule has 1 atom stereocenters. The number of aliphatic hydroxyl groups excluding tert-OH is 1. The molecule has 2 nitrogen and oxygen atoms in total. The molecule has 88 valence electrons. The zero-order valence-electron chi connectivity index (χ0n) is 9.60. The van der Waals surface area contributed by atoms with Gasteiger partial charge in [-0.25, -0.2) is 0 Å². The van der Waals surface area contributed by atoms with Crippen molar-refractivity contribution in [3.8, 4) is 0 Å². The summed E-state index contributed by atoms with van der Waals surface area (Å²) in [4.78, 5) is 0. The maximum Gasteiger partial charge on any atom is 0.0791 e. The highest BCUT2D eigenvalue weighted by atomic mass is 16.3. The third kappa shape index (κ3) is 2.83. The SMILES string of the molecule is OC(CCC1(O)CCCC1)c1ccccc1. The summed E-state index contributed by atoms with van der Waals surface area (Å²) in [5, 5.41) is 20.2. The van der Waals surface area contributed by atoms with Gasteiger partial charge in [0.15, 0.2) is 0 Å². The molecule has 2 N–H and O–H groups in total. The van der Waals surface area contributed by atoms with Crippen molar-refractivity contribution in [2.24, 2.45) is 0 Å². The van der Waals surface area contributed by atoms with Gasteiger partial charge < -0.3 is 10.2 Å². The molecule has 1 aromatic carbocycles. The van der Waals surface area contributed by atoms with Crippen LogP contribution in [0.15, 0.2) is 30.3 Å². The highest BCUT2D eigenvalue weighted by molar-refractivity contribution is 5.17. The molecule has 16 heavy (non-hydrogen) atoms. The number of rotatable bonds is 4. The quantitative estimate of drug-likeness (QED) is 0.819. The van der Waals surface area contributed by atoms with E-state index in [4.69, 9.17) is 0 Å². The molecular weight excluding hydrogens is 200 g/mol. The molecule has 1 unspecified atom stereocenters. The van der Waals surface area contributed by atoms with E-state index in [2.05, 4.69) is 0 Å². The minimum atomic E-state index is -0.504. The number of hydrogen-bond donors (Lipinski definition) is 2. The van der Waals surface area contributed by atoms with Gasteiger partial charge in [0.25, 0.3) is 0 Å². The van der Waals surface area contributed by atoms with Crippen molar-refractivity contribution in [3.05, 3.63) is 35.9 Å². The van der Waals surface area contributed by atoms with E-state index >= 15 is 0 Å². The van der Waals surface area contributed by atoms with Crippen LogP contribution in [0.1, 0.15) is 50.2 Å². The Morgan fingerprint density at radius 1 is 1.12 bits per heavy atom. The van der Waals surface area contributed by atoms with E-state index in [1.165, 1.54) is 0 Å². The monoisotopic (exact) mass is 220 g/mol. The fraction of sp³-hybridized carbons (Fsp3) is 0.571. The summed E-state index contributed by atoms with van der Waals surface area (Å²) in [6.07, 6.45) is 4.97. The van der Waals surface area contributed by atoms with Crippen LogP contribution in [0.2, 0.25) is 0 Å². The van der Waals surface area contributed by atoms with E-state index in [1.807, 2.05) is 30.3 Å². The van der Waals surface area contributed by atoms with Crippen molar-refractivity contribution in [3.63, 3.8) is 0 Å². The van der Waals surface area contributed by atoms with Crippen LogP contribution < -0.4 is 0 Å². The standard InChI is InChI=1S/C14H20O2/c15-13(12-6-2-1-3-7-12)8-11-14(16)9-4-5-10-14/h1-3,6-7,13,15-16H,4-5,8-11H2. The van der Waals surface area contributed by atoms with Crippen molar-refractivity contribution in [2.75, 3.05) is 0 Å². The van der Waals surface area contributed by atoms with Gasteiger partial charge in [-0.1, -0.05) is 43.2 Å². The van der Waals surface area contributed by atoms with E-state index in [0.717, 1.165) is 31.2 Å². The van der Waals surface area contributed by atoms with E-state index in [-0.39, 0.29) is 0 Å². The van der Waals surface area contributed by atoms with Crippen LogP contribution >= 0.6 is 0 Å². The Labute approximate surface area is 96.9 Å². The number of benzene rings is 1. The summed E-state index contributed by atoms with van der Waals surface area (Å²) in [6.45, 7) is 0. The molecular formula is C14H20O2. The highest BCUT2D eigenvalue weighted by Gasteiger charge is 2.31. The number of aliphatic hydroxyl groups is 2. The average molecular weight is 220 g/mol. The van der Waals surface area contributed by atoms with Gasteiger partial charge in [-0.2, -0.15) is 0 Å². The fourth-order valence-electron chi connectivity index (χ4n) is 2.53. The van der Waals surface area contributed by atoms with Gasteiger partial charge in [-0.3, -0.25) is 0 Å². The second-order valence-electron chi connectivity index (χ2n) is 4.90. The van der Waals surface area contributed by atoms with E-state index < -0.39 is 11.7 Å². The third-order valence-corrected chi connectivity index (χ3v) is 3.60. The molecule has 2 rings (SSSR count). The van der Waals surface area contributed by atoms with Crippen LogP contribution in [-0.4, -0.2) is 15.8 Å². The first-order valence-electron chi connectivity index (χ1n) is 6.15. The molecule has 0 saturated heterocycles. The molecule has 0 spiro atoms. The molecule has 1 aliphatic carbocycles. The second-order valence-corrected chi connectivity index (χ2v) is 4.90. The van der Waals surface area contributed by atoms with Gasteiger partial charge in [0.2, 0.25) is 0 Å². The lowest BCUT2D eigenvalue weighted by atomic mass is 9.92. The summed E-state index contributed by atoms with van der Waals surface area (Å²) >= 11 is 0. The van der Waals surface area contributed by atoms with Crippen molar-refractivity contribution < 1.29 is 10.2 Å². The maximum atomic E-state index is 10.2. The molecule has 2 heteroatoms. The summed E-state index contributed by atoms with van der Waals surface area (Å²) in [5.41, 5.74) is 0.444. The van der Waals surface area contributed by atoms with Gasteiger partial charge in [0.1, 0.15) is 0 Å². The lowest BCUT2D eigenvalue weighted by Gasteiger charge is -2.23.